The van der Waals surface area contributed by atoms with Crippen LogP contribution in [0.3, 0.4) is 0 Å². The third-order valence-electron chi connectivity index (χ3n) is 1.83. The summed E-state index contributed by atoms with van der Waals surface area (Å²) in [6.45, 7) is 2.26. The smallest absolute Gasteiger partial charge is 1.00 e. The summed E-state index contributed by atoms with van der Waals surface area (Å²) in [7, 11) is 0. The van der Waals surface area contributed by atoms with Gasteiger partial charge in [0.25, 0.3) is 0 Å². The zero-order valence-electron chi connectivity index (χ0n) is 7.24. The maximum absolute atomic E-state index is 2.32. The third-order valence-corrected chi connectivity index (χ3v) is 3.72. The maximum Gasteiger partial charge on any atom is -1.00 e. The Morgan fingerprint density at radius 3 is 2.50 bits per heavy atom. The van der Waals surface area contributed by atoms with E-state index in [1.807, 2.05) is 0 Å². The number of rotatable bonds is 3. The summed E-state index contributed by atoms with van der Waals surface area (Å²) in [6, 6.07) is 0. The Morgan fingerprint density at radius 2 is 2.08 bits per heavy atom. The van der Waals surface area contributed by atoms with Gasteiger partial charge in [-0.15, -0.1) is 0 Å². The first-order valence-corrected chi connectivity index (χ1v) is 5.74. The van der Waals surface area contributed by atoms with Crippen molar-refractivity contribution in [1.29, 1.82) is 0 Å². The molecular weight excluding hydrogens is 446 g/mol. The monoisotopic (exact) mass is 459 g/mol. The second-order valence-corrected chi connectivity index (χ2v) is 4.88. The predicted molar refractivity (Wildman–Crippen MR) is 40.3 cm³/mol. The van der Waals surface area contributed by atoms with Crippen molar-refractivity contribution in [3.05, 3.63) is 21.1 Å². The minimum atomic E-state index is 0. The molecule has 0 unspecified atom stereocenters. The molecule has 0 amide bonds. The molecule has 1 aliphatic rings. The van der Waals surface area contributed by atoms with Gasteiger partial charge in [-0.25, -0.2) is 0 Å². The van der Waals surface area contributed by atoms with Crippen molar-refractivity contribution in [2.45, 2.75) is 32.6 Å². The molecule has 0 saturated carbocycles. The fourth-order valence-electron chi connectivity index (χ4n) is 1.15. The molecule has 0 radical (unpaired) electrons. The number of hydrogen-bond donors (Lipinski definition) is 0. The van der Waals surface area contributed by atoms with Crippen molar-refractivity contribution in [2.24, 2.45) is 0 Å². The van der Waals surface area contributed by atoms with Gasteiger partial charge in [-0.05, 0) is 0 Å². The zero-order valence-corrected chi connectivity index (χ0v) is 14.0. The first kappa shape index (κ1) is 15.8. The molecule has 0 aromatic rings. The van der Waals surface area contributed by atoms with Gasteiger partial charge < -0.3 is 34.0 Å². The molecule has 3 heteroatoms. The van der Waals surface area contributed by atoms with Crippen molar-refractivity contribution in [2.75, 3.05) is 0 Å². The number of allylic oxidation sites excluding steroid dienone is 4. The van der Waals surface area contributed by atoms with Gasteiger partial charge in [-0.2, -0.15) is 0 Å². The molecule has 12 heavy (non-hydrogen) atoms. The van der Waals surface area contributed by atoms with Crippen LogP contribution in [0.15, 0.2) is 21.1 Å². The van der Waals surface area contributed by atoms with Crippen LogP contribution in [0, 0.1) is 0 Å². The van der Waals surface area contributed by atoms with E-state index in [-0.39, 0.29) is 34.0 Å². The molecule has 1 aliphatic carbocycles. The van der Waals surface area contributed by atoms with Crippen molar-refractivity contribution >= 4 is 0 Å². The van der Waals surface area contributed by atoms with E-state index in [0.717, 1.165) is 0 Å². The first-order chi connectivity index (χ1) is 4.84. The van der Waals surface area contributed by atoms with Gasteiger partial charge in [0, 0.05) is 0 Å². The van der Waals surface area contributed by atoms with Crippen molar-refractivity contribution in [3.8, 4) is 0 Å². The van der Waals surface area contributed by atoms with Crippen LogP contribution < -0.4 is 34.0 Å². The van der Waals surface area contributed by atoms with E-state index in [1.54, 1.807) is 8.90 Å². The molecule has 0 saturated heterocycles. The Balaban J connectivity index is 0. The van der Waals surface area contributed by atoms with Crippen LogP contribution in [0.1, 0.15) is 32.6 Å². The van der Waals surface area contributed by atoms with E-state index >= 15 is 0 Å². The summed E-state index contributed by atoms with van der Waals surface area (Å²) >= 11 is 1.27. The zero-order chi connectivity index (χ0) is 7.40. The van der Waals surface area contributed by atoms with E-state index in [4.69, 9.17) is 0 Å². The van der Waals surface area contributed by atoms with Crippen molar-refractivity contribution in [3.63, 3.8) is 0 Å². The standard InChI is InChI=1S/C9H13.2BrH.Hf/c1-2-3-6-9-7-4-5-8-9;;;/h4,7H,2-3,5-6H2,1H3;2*1H;/q;;;+2/p-2. The summed E-state index contributed by atoms with van der Waals surface area (Å²) in [4.78, 5) is 0. The minimum absolute atomic E-state index is 0. The Labute approximate surface area is 111 Å². The Bertz CT molecular complexity index is 173. The van der Waals surface area contributed by atoms with E-state index in [1.165, 1.54) is 50.1 Å². The molecule has 67 valence electrons. The predicted octanol–water partition coefficient (Wildman–Crippen LogP) is -3.05. The van der Waals surface area contributed by atoms with Crippen LogP contribution >= 0.6 is 0 Å². The molecule has 0 bridgehead atoms. The second kappa shape index (κ2) is 8.89. The summed E-state index contributed by atoms with van der Waals surface area (Å²) in [6.07, 6.45) is 9.89. The van der Waals surface area contributed by atoms with E-state index in [2.05, 4.69) is 19.1 Å². The Morgan fingerprint density at radius 1 is 1.42 bits per heavy atom. The van der Waals surface area contributed by atoms with Crippen LogP contribution in [-0.2, 0) is 24.4 Å². The van der Waals surface area contributed by atoms with Crippen LogP contribution in [0.4, 0.5) is 0 Å². The van der Waals surface area contributed by atoms with Gasteiger partial charge in [0.15, 0.2) is 0 Å². The summed E-state index contributed by atoms with van der Waals surface area (Å²) in [5.74, 6) is 0. The summed E-state index contributed by atoms with van der Waals surface area (Å²) in [5.41, 5.74) is 1.65. The maximum atomic E-state index is 2.32. The number of halogens is 2. The fraction of sp³-hybridized carbons (Fsp3) is 0.556. The van der Waals surface area contributed by atoms with Gasteiger partial charge in [-0.1, -0.05) is 0 Å². The van der Waals surface area contributed by atoms with Crippen LogP contribution in [0.2, 0.25) is 0 Å². The Hall–Kier alpha value is 1.31. The van der Waals surface area contributed by atoms with E-state index in [0.29, 0.717) is 0 Å². The van der Waals surface area contributed by atoms with Gasteiger partial charge in [0.1, 0.15) is 0 Å². The van der Waals surface area contributed by atoms with Crippen LogP contribution in [0.25, 0.3) is 0 Å². The molecule has 0 aromatic heterocycles. The number of hydrogen-bond acceptors (Lipinski definition) is 0. The molecule has 0 aromatic carbocycles. The SMILES string of the molecule is CCCCC1=[C]([Hf+2])CC=C1.[Br-].[Br-]. The largest absolute Gasteiger partial charge is 1.00 e. The second-order valence-electron chi connectivity index (χ2n) is 2.71. The molecule has 0 aliphatic heterocycles. The van der Waals surface area contributed by atoms with Crippen LogP contribution in [-0.4, -0.2) is 0 Å². The first-order valence-electron chi connectivity index (χ1n) is 3.94. The number of unbranched alkanes of at least 4 members (excludes halogenated alkanes) is 1. The fourth-order valence-corrected chi connectivity index (χ4v) is 2.32. The molecule has 0 N–H and O–H groups in total. The van der Waals surface area contributed by atoms with Gasteiger partial charge in [0.2, 0.25) is 0 Å². The normalized spacial score (nSPS) is 14.2. The quantitative estimate of drug-likeness (QED) is 0.394. The molecular formula is C9H13Br2Hf. The molecule has 0 nitrogen and oxygen atoms in total. The molecule has 0 fully saturated rings. The van der Waals surface area contributed by atoms with Crippen LogP contribution in [0.5, 0.6) is 0 Å². The van der Waals surface area contributed by atoms with Gasteiger partial charge >= 0.3 is 78.0 Å². The van der Waals surface area contributed by atoms with Gasteiger partial charge in [0.05, 0.1) is 0 Å². The van der Waals surface area contributed by atoms with Gasteiger partial charge in [-0.3, -0.25) is 0 Å². The van der Waals surface area contributed by atoms with Crippen molar-refractivity contribution in [1.82, 2.24) is 0 Å². The average molecular weight is 460 g/mol. The topological polar surface area (TPSA) is 0 Å². The third kappa shape index (κ3) is 5.13. The van der Waals surface area contributed by atoms with Crippen molar-refractivity contribution < 1.29 is 58.3 Å². The van der Waals surface area contributed by atoms with E-state index < -0.39 is 0 Å². The summed E-state index contributed by atoms with van der Waals surface area (Å²) < 4.78 is 1.72. The average Bonchev–Trinajstić information content (AvgIpc) is 2.31. The molecule has 0 atom stereocenters. The molecule has 0 spiro atoms. The van der Waals surface area contributed by atoms with E-state index in [9.17, 15) is 0 Å². The minimum Gasteiger partial charge on any atom is -1.00 e. The summed E-state index contributed by atoms with van der Waals surface area (Å²) in [5, 5.41) is 0. The Kier molecular flexibility index (Phi) is 11.7. The molecule has 0 heterocycles. The molecule has 1 rings (SSSR count).